The fourth-order valence-electron chi connectivity index (χ4n) is 3.03. The van der Waals surface area contributed by atoms with Gasteiger partial charge in [-0.2, -0.15) is 0 Å². The zero-order valence-corrected chi connectivity index (χ0v) is 15.5. The fourth-order valence-corrected chi connectivity index (χ4v) is 5.39. The largest absolute Gasteiger partial charge is 0.368 e. The Bertz CT molecular complexity index is 881. The summed E-state index contributed by atoms with van der Waals surface area (Å²) in [4.78, 5) is 13.5. The minimum Gasteiger partial charge on any atom is -0.368 e. The maximum atomic E-state index is 12.9. The summed E-state index contributed by atoms with van der Waals surface area (Å²) in [6.07, 6.45) is 0.425. The van der Waals surface area contributed by atoms with E-state index in [9.17, 15) is 13.2 Å². The van der Waals surface area contributed by atoms with E-state index in [-0.39, 0.29) is 10.9 Å². The van der Waals surface area contributed by atoms with E-state index in [1.165, 1.54) is 18.5 Å². The van der Waals surface area contributed by atoms with Gasteiger partial charge in [-0.1, -0.05) is 18.2 Å². The van der Waals surface area contributed by atoms with Crippen LogP contribution in [0.2, 0.25) is 0 Å². The number of fused-ring (bicyclic) bond motifs is 1. The van der Waals surface area contributed by atoms with Gasteiger partial charge in [-0.25, -0.2) is 8.42 Å². The highest BCUT2D eigenvalue weighted by Gasteiger charge is 2.37. The molecular weight excluding hydrogens is 362 g/mol. The summed E-state index contributed by atoms with van der Waals surface area (Å²) in [6, 6.07) is 8.07. The molecule has 1 atom stereocenters. The summed E-state index contributed by atoms with van der Waals surface area (Å²) >= 11 is 1.16. The second-order valence-electron chi connectivity index (χ2n) is 5.70. The number of ether oxygens (including phenoxy) is 1. The number of nitrogens with two attached hydrogens (primary N) is 1. The lowest BCUT2D eigenvalue weighted by Gasteiger charge is -2.29. The van der Waals surface area contributed by atoms with Gasteiger partial charge in [0.25, 0.3) is 10.0 Å². The van der Waals surface area contributed by atoms with Crippen LogP contribution in [-0.4, -0.2) is 41.3 Å². The van der Waals surface area contributed by atoms with Crippen LogP contribution < -0.4 is 14.9 Å². The number of carbonyl (C=O) groups is 1. The number of hydrogen-bond acceptors (Lipinski definition) is 6. The van der Waals surface area contributed by atoms with Gasteiger partial charge in [-0.05, 0) is 23.1 Å². The Morgan fingerprint density at radius 3 is 2.76 bits per heavy atom. The van der Waals surface area contributed by atoms with E-state index >= 15 is 0 Å². The van der Waals surface area contributed by atoms with E-state index in [1.54, 1.807) is 34.5 Å². The van der Waals surface area contributed by atoms with Crippen LogP contribution in [0.1, 0.15) is 5.56 Å². The summed E-state index contributed by atoms with van der Waals surface area (Å²) in [5.74, 6) is -0.469. The van der Waals surface area contributed by atoms with Crippen LogP contribution in [0.15, 0.2) is 39.9 Å². The molecule has 2 heterocycles. The van der Waals surface area contributed by atoms with Gasteiger partial charge < -0.3 is 15.4 Å². The molecule has 0 fully saturated rings. The van der Waals surface area contributed by atoms with E-state index in [1.807, 2.05) is 6.07 Å². The van der Waals surface area contributed by atoms with Gasteiger partial charge in [-0.15, -0.1) is 11.3 Å². The van der Waals surface area contributed by atoms with Crippen molar-refractivity contribution < 1.29 is 17.9 Å². The Morgan fingerprint density at radius 1 is 1.40 bits per heavy atom. The van der Waals surface area contributed by atoms with Crippen LogP contribution in [-0.2, 0) is 26.0 Å². The molecule has 9 heteroatoms. The van der Waals surface area contributed by atoms with Gasteiger partial charge in [0.1, 0.15) is 17.0 Å². The first-order valence-electron chi connectivity index (χ1n) is 7.57. The second-order valence-corrected chi connectivity index (χ2v) is 8.84. The predicted molar refractivity (Wildman–Crippen MR) is 97.4 cm³/mol. The number of carbonyl (C=O) groups excluding carboxylic acids is 1. The molecule has 0 bridgehead atoms. The first-order valence-corrected chi connectivity index (χ1v) is 9.89. The number of amides is 1. The SMILES string of the molecule is COCN1c2c(cccc2N(C)S(=O)(=O)c2cccs2)CC1C(N)=O. The van der Waals surface area contributed by atoms with Crippen LogP contribution in [0.25, 0.3) is 0 Å². The van der Waals surface area contributed by atoms with Gasteiger partial charge in [-0.3, -0.25) is 9.10 Å². The number of thiophene rings is 1. The highest BCUT2D eigenvalue weighted by Crippen LogP contribution is 2.41. The van der Waals surface area contributed by atoms with Crippen LogP contribution >= 0.6 is 11.3 Å². The molecule has 1 amide bonds. The van der Waals surface area contributed by atoms with Crippen LogP contribution in [0.3, 0.4) is 0 Å². The molecule has 1 aliphatic rings. The smallest absolute Gasteiger partial charge is 0.273 e. The highest BCUT2D eigenvalue weighted by atomic mass is 32.2. The number of para-hydroxylation sites is 1. The number of benzene rings is 1. The Labute approximate surface area is 150 Å². The van der Waals surface area contributed by atoms with Crippen LogP contribution in [0, 0.1) is 0 Å². The second kappa shape index (κ2) is 6.66. The summed E-state index contributed by atoms with van der Waals surface area (Å²) in [6.45, 7) is 0.143. The number of anilines is 2. The van der Waals surface area contributed by atoms with E-state index in [2.05, 4.69) is 0 Å². The fraction of sp³-hybridized carbons (Fsp3) is 0.312. The minimum atomic E-state index is -3.68. The third-order valence-corrected chi connectivity index (χ3v) is 7.37. The molecule has 2 aromatic rings. The van der Waals surface area contributed by atoms with Crippen molar-refractivity contribution in [2.24, 2.45) is 5.73 Å². The van der Waals surface area contributed by atoms with Crippen molar-refractivity contribution >= 4 is 38.6 Å². The Morgan fingerprint density at radius 2 is 2.16 bits per heavy atom. The molecule has 0 spiro atoms. The van der Waals surface area contributed by atoms with Gasteiger partial charge >= 0.3 is 0 Å². The van der Waals surface area contributed by atoms with Crippen molar-refractivity contribution in [2.75, 3.05) is 30.1 Å². The zero-order chi connectivity index (χ0) is 18.2. The number of primary amides is 1. The first-order chi connectivity index (χ1) is 11.9. The molecule has 0 aliphatic carbocycles. The number of hydrogen-bond donors (Lipinski definition) is 1. The van der Waals surface area contributed by atoms with E-state index in [0.717, 1.165) is 16.9 Å². The monoisotopic (exact) mass is 381 g/mol. The number of rotatable bonds is 6. The van der Waals surface area contributed by atoms with Crippen molar-refractivity contribution in [1.29, 1.82) is 0 Å². The summed E-state index contributed by atoms with van der Waals surface area (Å²) in [5, 5.41) is 1.72. The molecule has 0 saturated heterocycles. The molecule has 0 saturated carbocycles. The van der Waals surface area contributed by atoms with Crippen molar-refractivity contribution in [3.05, 3.63) is 41.3 Å². The van der Waals surface area contributed by atoms with Gasteiger partial charge in [0.15, 0.2) is 0 Å². The topological polar surface area (TPSA) is 92.9 Å². The van der Waals surface area contributed by atoms with Gasteiger partial charge in [0, 0.05) is 20.6 Å². The quantitative estimate of drug-likeness (QED) is 0.816. The molecular formula is C16H19N3O4S2. The maximum Gasteiger partial charge on any atom is 0.273 e. The molecule has 1 aliphatic heterocycles. The molecule has 134 valence electrons. The lowest BCUT2D eigenvalue weighted by atomic mass is 10.1. The molecule has 0 radical (unpaired) electrons. The van der Waals surface area contributed by atoms with Gasteiger partial charge in [0.05, 0.1) is 11.4 Å². The van der Waals surface area contributed by atoms with E-state index in [4.69, 9.17) is 10.5 Å². The third kappa shape index (κ3) is 2.99. The zero-order valence-electron chi connectivity index (χ0n) is 13.9. The molecule has 2 N–H and O–H groups in total. The van der Waals surface area contributed by atoms with Crippen LogP contribution in [0.4, 0.5) is 11.4 Å². The molecule has 7 nitrogen and oxygen atoms in total. The minimum absolute atomic E-state index is 0.143. The third-order valence-electron chi connectivity index (χ3n) is 4.22. The summed E-state index contributed by atoms with van der Waals surface area (Å²) < 4.78 is 32.4. The summed E-state index contributed by atoms with van der Waals surface area (Å²) in [7, 11) is -0.652. The predicted octanol–water partition coefficient (Wildman–Crippen LogP) is 1.39. The number of methoxy groups -OCH3 is 1. The van der Waals surface area contributed by atoms with E-state index in [0.29, 0.717) is 17.8 Å². The standard InChI is InChI=1S/C16H19N3O4S2/c1-18(25(21,22)14-7-4-8-24-14)12-6-3-5-11-9-13(16(17)20)19(10-23-2)15(11)12/h3-8,13H,9-10H2,1-2H3,(H2,17,20). The highest BCUT2D eigenvalue weighted by molar-refractivity contribution is 7.94. The van der Waals surface area contributed by atoms with Crippen molar-refractivity contribution in [1.82, 2.24) is 0 Å². The summed E-state index contributed by atoms with van der Waals surface area (Å²) in [5.41, 5.74) is 7.54. The Kier molecular flexibility index (Phi) is 4.72. The van der Waals surface area contributed by atoms with Crippen molar-refractivity contribution in [3.8, 4) is 0 Å². The van der Waals surface area contributed by atoms with Crippen molar-refractivity contribution in [2.45, 2.75) is 16.7 Å². The average molecular weight is 381 g/mol. The average Bonchev–Trinajstić information content (AvgIpc) is 3.22. The molecule has 3 rings (SSSR count). The Balaban J connectivity index is 2.09. The normalized spacial score (nSPS) is 16.7. The lowest BCUT2D eigenvalue weighted by Crippen LogP contribution is -2.44. The van der Waals surface area contributed by atoms with Crippen LogP contribution in [0.5, 0.6) is 0 Å². The van der Waals surface area contributed by atoms with E-state index < -0.39 is 22.0 Å². The number of sulfonamides is 1. The molecule has 25 heavy (non-hydrogen) atoms. The van der Waals surface area contributed by atoms with Crippen molar-refractivity contribution in [3.63, 3.8) is 0 Å². The van der Waals surface area contributed by atoms with Gasteiger partial charge in [0.2, 0.25) is 5.91 Å². The Hall–Kier alpha value is -2.10. The first kappa shape index (κ1) is 17.7. The molecule has 1 unspecified atom stereocenters. The molecule has 1 aromatic carbocycles. The number of nitrogens with zero attached hydrogens (tertiary/aromatic N) is 2. The maximum absolute atomic E-state index is 12.9. The lowest BCUT2D eigenvalue weighted by molar-refractivity contribution is -0.119. The molecule has 1 aromatic heterocycles.